The van der Waals surface area contributed by atoms with E-state index in [0.717, 1.165) is 37.5 Å². The second-order valence-corrected chi connectivity index (χ2v) is 3.90. The van der Waals surface area contributed by atoms with Gasteiger partial charge in [0.15, 0.2) is 0 Å². The van der Waals surface area contributed by atoms with Crippen molar-refractivity contribution in [3.63, 3.8) is 0 Å². The van der Waals surface area contributed by atoms with Gasteiger partial charge in [-0.3, -0.25) is 9.97 Å². The van der Waals surface area contributed by atoms with Crippen molar-refractivity contribution >= 4 is 0 Å². The molecule has 0 atom stereocenters. The third kappa shape index (κ3) is 4.92. The minimum absolute atomic E-state index is 0.728. The van der Waals surface area contributed by atoms with Crippen molar-refractivity contribution in [2.24, 2.45) is 5.92 Å². The van der Waals surface area contributed by atoms with Gasteiger partial charge >= 0.3 is 0 Å². The molecule has 0 amide bonds. The van der Waals surface area contributed by atoms with Crippen molar-refractivity contribution in [1.82, 2.24) is 15.3 Å². The number of aromatic nitrogens is 2. The normalized spacial score (nSPS) is 10.8. The summed E-state index contributed by atoms with van der Waals surface area (Å²) in [6.07, 6.45) is 7.43. The van der Waals surface area contributed by atoms with Crippen LogP contribution >= 0.6 is 0 Å². The van der Waals surface area contributed by atoms with Gasteiger partial charge in [0.2, 0.25) is 0 Å². The summed E-state index contributed by atoms with van der Waals surface area (Å²) in [6, 6.07) is 0. The van der Waals surface area contributed by atoms with Crippen LogP contribution in [0.5, 0.6) is 0 Å². The third-order valence-corrected chi connectivity index (χ3v) is 1.96. The molecule has 14 heavy (non-hydrogen) atoms. The standard InChI is InChI=1S/C11H19N3/c1-10(2)8-12-5-3-4-11-9-13-6-7-14-11/h6-7,9-10,12H,3-5,8H2,1-2H3. The summed E-state index contributed by atoms with van der Waals surface area (Å²) >= 11 is 0. The fourth-order valence-corrected chi connectivity index (χ4v) is 1.24. The molecule has 3 nitrogen and oxygen atoms in total. The van der Waals surface area contributed by atoms with Crippen LogP contribution in [0.3, 0.4) is 0 Å². The zero-order valence-electron chi connectivity index (χ0n) is 9.03. The Morgan fingerprint density at radius 3 is 2.86 bits per heavy atom. The highest BCUT2D eigenvalue weighted by Gasteiger charge is 1.95. The van der Waals surface area contributed by atoms with Crippen molar-refractivity contribution in [1.29, 1.82) is 0 Å². The van der Waals surface area contributed by atoms with Crippen molar-refractivity contribution in [3.8, 4) is 0 Å². The molecule has 0 unspecified atom stereocenters. The summed E-state index contributed by atoms with van der Waals surface area (Å²) in [7, 11) is 0. The molecule has 0 spiro atoms. The summed E-state index contributed by atoms with van der Waals surface area (Å²) in [5.74, 6) is 0.728. The van der Waals surface area contributed by atoms with Gasteiger partial charge in [-0.05, 0) is 31.8 Å². The van der Waals surface area contributed by atoms with E-state index < -0.39 is 0 Å². The number of hydrogen-bond donors (Lipinski definition) is 1. The molecule has 0 radical (unpaired) electrons. The van der Waals surface area contributed by atoms with E-state index in [1.165, 1.54) is 0 Å². The molecule has 0 bridgehead atoms. The number of aryl methyl sites for hydroxylation is 1. The molecule has 0 aliphatic heterocycles. The minimum atomic E-state index is 0.728. The highest BCUT2D eigenvalue weighted by Crippen LogP contribution is 1.95. The van der Waals surface area contributed by atoms with Gasteiger partial charge in [0.1, 0.15) is 0 Å². The van der Waals surface area contributed by atoms with Crippen LogP contribution in [0, 0.1) is 5.92 Å². The fraction of sp³-hybridized carbons (Fsp3) is 0.636. The number of hydrogen-bond acceptors (Lipinski definition) is 3. The molecule has 0 aliphatic carbocycles. The van der Waals surface area contributed by atoms with Crippen LogP contribution in [0.4, 0.5) is 0 Å². The Hall–Kier alpha value is -0.960. The molecule has 1 rings (SSSR count). The van der Waals surface area contributed by atoms with E-state index in [9.17, 15) is 0 Å². The predicted molar refractivity (Wildman–Crippen MR) is 58.1 cm³/mol. The lowest BCUT2D eigenvalue weighted by Gasteiger charge is -2.06. The average molecular weight is 193 g/mol. The predicted octanol–water partition coefficient (Wildman–Crippen LogP) is 1.65. The van der Waals surface area contributed by atoms with Crippen LogP contribution < -0.4 is 5.32 Å². The molecule has 0 aliphatic rings. The van der Waals surface area contributed by atoms with Gasteiger partial charge in [0, 0.05) is 18.6 Å². The van der Waals surface area contributed by atoms with Crippen LogP contribution in [0.15, 0.2) is 18.6 Å². The summed E-state index contributed by atoms with van der Waals surface area (Å²) in [6.45, 7) is 6.60. The van der Waals surface area contributed by atoms with E-state index >= 15 is 0 Å². The molecule has 3 heteroatoms. The molecule has 0 saturated carbocycles. The maximum atomic E-state index is 4.22. The Labute approximate surface area is 86.0 Å². The quantitative estimate of drug-likeness (QED) is 0.698. The number of rotatable bonds is 6. The van der Waals surface area contributed by atoms with E-state index in [1.807, 2.05) is 6.20 Å². The largest absolute Gasteiger partial charge is 0.316 e. The molecule has 1 heterocycles. The van der Waals surface area contributed by atoms with E-state index in [2.05, 4.69) is 29.1 Å². The first-order valence-electron chi connectivity index (χ1n) is 5.24. The van der Waals surface area contributed by atoms with Crippen molar-refractivity contribution in [2.45, 2.75) is 26.7 Å². The van der Waals surface area contributed by atoms with Gasteiger partial charge in [0.05, 0.1) is 5.69 Å². The fourth-order valence-electron chi connectivity index (χ4n) is 1.24. The van der Waals surface area contributed by atoms with E-state index in [4.69, 9.17) is 0 Å². The number of nitrogens with zero attached hydrogens (tertiary/aromatic N) is 2. The van der Waals surface area contributed by atoms with Crippen molar-refractivity contribution < 1.29 is 0 Å². The monoisotopic (exact) mass is 193 g/mol. The smallest absolute Gasteiger partial charge is 0.0587 e. The van der Waals surface area contributed by atoms with Crippen molar-refractivity contribution in [2.75, 3.05) is 13.1 Å². The molecule has 0 saturated heterocycles. The maximum Gasteiger partial charge on any atom is 0.0587 e. The Bertz CT molecular complexity index is 234. The summed E-state index contributed by atoms with van der Waals surface area (Å²) in [4.78, 5) is 8.25. The van der Waals surface area contributed by atoms with E-state index in [1.54, 1.807) is 12.4 Å². The highest BCUT2D eigenvalue weighted by atomic mass is 14.8. The Balaban J connectivity index is 2.05. The molecular weight excluding hydrogens is 174 g/mol. The summed E-state index contributed by atoms with van der Waals surface area (Å²) in [5.41, 5.74) is 1.08. The average Bonchev–Trinajstić information content (AvgIpc) is 2.18. The third-order valence-electron chi connectivity index (χ3n) is 1.96. The lowest BCUT2D eigenvalue weighted by molar-refractivity contribution is 0.542. The van der Waals surface area contributed by atoms with Gasteiger partial charge in [0.25, 0.3) is 0 Å². The molecule has 1 aromatic heterocycles. The molecule has 1 N–H and O–H groups in total. The second-order valence-electron chi connectivity index (χ2n) is 3.90. The van der Waals surface area contributed by atoms with E-state index in [-0.39, 0.29) is 0 Å². The van der Waals surface area contributed by atoms with E-state index in [0.29, 0.717) is 0 Å². The van der Waals surface area contributed by atoms with Gasteiger partial charge in [-0.25, -0.2) is 0 Å². The highest BCUT2D eigenvalue weighted by molar-refractivity contribution is 4.94. The first-order chi connectivity index (χ1) is 6.79. The maximum absolute atomic E-state index is 4.22. The number of nitrogens with one attached hydrogen (secondary N) is 1. The Kier molecular flexibility index (Phi) is 5.15. The van der Waals surface area contributed by atoms with Gasteiger partial charge in [-0.15, -0.1) is 0 Å². The topological polar surface area (TPSA) is 37.8 Å². The Morgan fingerprint density at radius 1 is 1.36 bits per heavy atom. The first kappa shape index (κ1) is 11.1. The van der Waals surface area contributed by atoms with Gasteiger partial charge < -0.3 is 5.32 Å². The van der Waals surface area contributed by atoms with Gasteiger partial charge in [-0.2, -0.15) is 0 Å². The van der Waals surface area contributed by atoms with Gasteiger partial charge in [-0.1, -0.05) is 13.8 Å². The Morgan fingerprint density at radius 2 is 2.21 bits per heavy atom. The van der Waals surface area contributed by atoms with Crippen LogP contribution in [-0.2, 0) is 6.42 Å². The van der Waals surface area contributed by atoms with Crippen LogP contribution in [-0.4, -0.2) is 23.1 Å². The molecule has 78 valence electrons. The minimum Gasteiger partial charge on any atom is -0.316 e. The molecule has 0 aromatic carbocycles. The zero-order valence-corrected chi connectivity index (χ0v) is 9.03. The zero-order chi connectivity index (χ0) is 10.2. The van der Waals surface area contributed by atoms with Crippen LogP contribution in [0.25, 0.3) is 0 Å². The summed E-state index contributed by atoms with van der Waals surface area (Å²) < 4.78 is 0. The molecule has 1 aromatic rings. The van der Waals surface area contributed by atoms with Crippen LogP contribution in [0.2, 0.25) is 0 Å². The summed E-state index contributed by atoms with van der Waals surface area (Å²) in [5, 5.41) is 3.41. The lowest BCUT2D eigenvalue weighted by Crippen LogP contribution is -2.21. The first-order valence-corrected chi connectivity index (χ1v) is 5.24. The lowest BCUT2D eigenvalue weighted by atomic mass is 10.2. The van der Waals surface area contributed by atoms with Crippen molar-refractivity contribution in [3.05, 3.63) is 24.3 Å². The molecule has 0 fully saturated rings. The second kappa shape index (κ2) is 6.49. The molecular formula is C11H19N3. The van der Waals surface area contributed by atoms with Crippen LogP contribution in [0.1, 0.15) is 26.0 Å². The SMILES string of the molecule is CC(C)CNCCCc1cnccn1.